The summed E-state index contributed by atoms with van der Waals surface area (Å²) in [5.74, 6) is 1.07. The molecule has 1 atom stereocenters. The Morgan fingerprint density at radius 3 is 2.88 bits per heavy atom. The molecule has 1 fully saturated rings. The van der Waals surface area contributed by atoms with Gasteiger partial charge in [0.25, 0.3) is 0 Å². The molecule has 2 heterocycles. The highest BCUT2D eigenvalue weighted by atomic mass is 16.5. The predicted molar refractivity (Wildman–Crippen MR) is 93.4 cm³/mol. The number of methoxy groups -OCH3 is 1. The van der Waals surface area contributed by atoms with Crippen molar-refractivity contribution in [1.82, 2.24) is 25.1 Å². The van der Waals surface area contributed by atoms with Crippen LogP contribution in [0.5, 0.6) is 5.75 Å². The molecule has 134 valence electrons. The van der Waals surface area contributed by atoms with E-state index in [0.717, 1.165) is 37.5 Å². The number of nitrogens with zero attached hydrogens (tertiary/aromatic N) is 6. The van der Waals surface area contributed by atoms with Gasteiger partial charge in [0, 0.05) is 38.6 Å². The first-order chi connectivity index (χ1) is 12.2. The van der Waals surface area contributed by atoms with Crippen LogP contribution in [0.2, 0.25) is 0 Å². The fourth-order valence-electron chi connectivity index (χ4n) is 3.26. The minimum atomic E-state index is 0.166. The summed E-state index contributed by atoms with van der Waals surface area (Å²) < 4.78 is 7.11. The molecule has 25 heavy (non-hydrogen) atoms. The molecule has 0 aliphatic carbocycles. The van der Waals surface area contributed by atoms with Crippen molar-refractivity contribution in [2.24, 2.45) is 0 Å². The molecule has 0 N–H and O–H groups in total. The molecule has 2 aromatic rings. The molecule has 0 radical (unpaired) electrons. The maximum atomic E-state index is 12.5. The number of aryl methyl sites for hydroxylation is 1. The van der Waals surface area contributed by atoms with E-state index in [9.17, 15) is 4.79 Å². The number of rotatable bonds is 6. The molecule has 1 saturated heterocycles. The van der Waals surface area contributed by atoms with Crippen molar-refractivity contribution in [3.8, 4) is 5.75 Å². The normalized spacial score (nSPS) is 17.6. The zero-order valence-electron chi connectivity index (χ0n) is 14.7. The molecule has 0 bridgehead atoms. The van der Waals surface area contributed by atoms with E-state index in [1.54, 1.807) is 18.1 Å². The number of aromatic nitrogens is 4. The summed E-state index contributed by atoms with van der Waals surface area (Å²) in [4.78, 5) is 16.8. The zero-order valence-corrected chi connectivity index (χ0v) is 14.7. The molecule has 1 aromatic heterocycles. The van der Waals surface area contributed by atoms with Crippen LogP contribution in [0.15, 0.2) is 30.6 Å². The van der Waals surface area contributed by atoms with E-state index in [1.165, 1.54) is 0 Å². The fraction of sp³-hybridized carbons (Fsp3) is 0.529. The summed E-state index contributed by atoms with van der Waals surface area (Å²) in [7, 11) is 1.69. The summed E-state index contributed by atoms with van der Waals surface area (Å²) in [6.45, 7) is 5.10. The Morgan fingerprint density at radius 1 is 1.32 bits per heavy atom. The number of para-hydroxylation sites is 2. The Balaban J connectivity index is 1.53. The molecule has 8 nitrogen and oxygen atoms in total. The van der Waals surface area contributed by atoms with Crippen LogP contribution >= 0.6 is 0 Å². The summed E-state index contributed by atoms with van der Waals surface area (Å²) in [6, 6.07) is 8.18. The number of hydrogen-bond acceptors (Lipinski definition) is 6. The highest BCUT2D eigenvalue weighted by Crippen LogP contribution is 2.29. The number of ether oxygens (including phenoxy) is 1. The molecule has 1 amide bonds. The van der Waals surface area contributed by atoms with E-state index in [-0.39, 0.29) is 11.9 Å². The summed E-state index contributed by atoms with van der Waals surface area (Å²) in [6.07, 6.45) is 2.82. The van der Waals surface area contributed by atoms with E-state index in [4.69, 9.17) is 4.74 Å². The molecule has 0 unspecified atom stereocenters. The SMILES string of the molecule is COc1ccccc1N1CCN(C(=O)CCCn2cnnn2)[C@H](C)C1. The van der Waals surface area contributed by atoms with Gasteiger partial charge in [0.05, 0.1) is 12.8 Å². The van der Waals surface area contributed by atoms with Crippen molar-refractivity contribution < 1.29 is 9.53 Å². The second-order valence-corrected chi connectivity index (χ2v) is 6.23. The van der Waals surface area contributed by atoms with Crippen LogP contribution < -0.4 is 9.64 Å². The van der Waals surface area contributed by atoms with Crippen molar-refractivity contribution in [3.05, 3.63) is 30.6 Å². The lowest BCUT2D eigenvalue weighted by Gasteiger charge is -2.41. The van der Waals surface area contributed by atoms with Crippen LogP contribution in [0.25, 0.3) is 0 Å². The Morgan fingerprint density at radius 2 is 2.16 bits per heavy atom. The van der Waals surface area contributed by atoms with E-state index < -0.39 is 0 Å². The van der Waals surface area contributed by atoms with E-state index in [1.807, 2.05) is 23.1 Å². The van der Waals surface area contributed by atoms with Crippen LogP contribution in [-0.2, 0) is 11.3 Å². The number of amides is 1. The van der Waals surface area contributed by atoms with Gasteiger partial charge in [-0.05, 0) is 35.9 Å². The van der Waals surface area contributed by atoms with Gasteiger partial charge in [0.1, 0.15) is 12.1 Å². The zero-order chi connectivity index (χ0) is 17.6. The monoisotopic (exact) mass is 344 g/mol. The van der Waals surface area contributed by atoms with E-state index in [0.29, 0.717) is 13.0 Å². The van der Waals surface area contributed by atoms with Gasteiger partial charge >= 0.3 is 0 Å². The third-order valence-corrected chi connectivity index (χ3v) is 4.54. The van der Waals surface area contributed by atoms with Gasteiger partial charge in [-0.3, -0.25) is 4.79 Å². The average Bonchev–Trinajstić information content (AvgIpc) is 3.15. The minimum absolute atomic E-state index is 0.166. The maximum Gasteiger partial charge on any atom is 0.222 e. The number of tetrazole rings is 1. The van der Waals surface area contributed by atoms with Crippen molar-refractivity contribution in [3.63, 3.8) is 0 Å². The largest absolute Gasteiger partial charge is 0.495 e. The highest BCUT2D eigenvalue weighted by Gasteiger charge is 2.28. The summed E-state index contributed by atoms with van der Waals surface area (Å²) in [5, 5.41) is 11.0. The number of carbonyl (C=O) groups excluding carboxylic acids is 1. The Hall–Kier alpha value is -2.64. The predicted octanol–water partition coefficient (Wildman–Crippen LogP) is 1.20. The third kappa shape index (κ3) is 4.07. The molecular weight excluding hydrogens is 320 g/mol. The fourth-order valence-corrected chi connectivity index (χ4v) is 3.26. The van der Waals surface area contributed by atoms with E-state index in [2.05, 4.69) is 33.4 Å². The van der Waals surface area contributed by atoms with Gasteiger partial charge in [-0.15, -0.1) is 5.10 Å². The number of hydrogen-bond donors (Lipinski definition) is 0. The van der Waals surface area contributed by atoms with Gasteiger partial charge in [-0.2, -0.15) is 0 Å². The van der Waals surface area contributed by atoms with Crippen molar-refractivity contribution in [1.29, 1.82) is 0 Å². The lowest BCUT2D eigenvalue weighted by atomic mass is 10.1. The topological polar surface area (TPSA) is 76.4 Å². The first-order valence-electron chi connectivity index (χ1n) is 8.57. The quantitative estimate of drug-likeness (QED) is 0.784. The molecule has 1 aliphatic rings. The van der Waals surface area contributed by atoms with Crippen molar-refractivity contribution in [2.45, 2.75) is 32.4 Å². The van der Waals surface area contributed by atoms with Gasteiger partial charge in [-0.25, -0.2) is 4.68 Å². The van der Waals surface area contributed by atoms with Crippen LogP contribution in [0.1, 0.15) is 19.8 Å². The highest BCUT2D eigenvalue weighted by molar-refractivity contribution is 5.77. The van der Waals surface area contributed by atoms with Gasteiger partial charge in [-0.1, -0.05) is 12.1 Å². The minimum Gasteiger partial charge on any atom is -0.495 e. The molecule has 0 spiro atoms. The van der Waals surface area contributed by atoms with Crippen LogP contribution in [0.4, 0.5) is 5.69 Å². The van der Waals surface area contributed by atoms with E-state index >= 15 is 0 Å². The Kier molecular flexibility index (Phi) is 5.47. The first kappa shape index (κ1) is 17.2. The maximum absolute atomic E-state index is 12.5. The number of benzene rings is 1. The Bertz CT molecular complexity index is 690. The Labute approximate surface area is 147 Å². The first-order valence-corrected chi connectivity index (χ1v) is 8.57. The summed E-state index contributed by atoms with van der Waals surface area (Å²) in [5.41, 5.74) is 1.09. The lowest BCUT2D eigenvalue weighted by Crippen LogP contribution is -2.54. The molecule has 1 aliphatic heterocycles. The number of piperazine rings is 1. The van der Waals surface area contributed by atoms with Crippen molar-refractivity contribution in [2.75, 3.05) is 31.6 Å². The standard InChI is InChI=1S/C17H24N6O2/c1-14-12-21(15-6-3-4-7-16(15)25-2)10-11-23(14)17(24)8-5-9-22-13-18-19-20-22/h3-4,6-7,13-14H,5,8-12H2,1-2H3/t14-/m1/s1. The lowest BCUT2D eigenvalue weighted by molar-refractivity contribution is -0.133. The average molecular weight is 344 g/mol. The second kappa shape index (κ2) is 7.96. The smallest absolute Gasteiger partial charge is 0.222 e. The van der Waals surface area contributed by atoms with Crippen LogP contribution in [-0.4, -0.2) is 63.8 Å². The summed E-state index contributed by atoms with van der Waals surface area (Å²) >= 11 is 0. The third-order valence-electron chi connectivity index (χ3n) is 4.54. The molecular formula is C17H24N6O2. The van der Waals surface area contributed by atoms with Gasteiger partial charge < -0.3 is 14.5 Å². The number of carbonyl (C=O) groups is 1. The number of anilines is 1. The van der Waals surface area contributed by atoms with Gasteiger partial charge in [0.15, 0.2) is 0 Å². The van der Waals surface area contributed by atoms with Crippen LogP contribution in [0, 0.1) is 0 Å². The second-order valence-electron chi connectivity index (χ2n) is 6.23. The molecule has 1 aromatic carbocycles. The van der Waals surface area contributed by atoms with Crippen LogP contribution in [0.3, 0.4) is 0 Å². The molecule has 0 saturated carbocycles. The van der Waals surface area contributed by atoms with Crippen molar-refractivity contribution >= 4 is 11.6 Å². The van der Waals surface area contributed by atoms with Gasteiger partial charge in [0.2, 0.25) is 5.91 Å². The molecule has 8 heteroatoms. The molecule has 3 rings (SSSR count).